The number of amides is 1. The maximum atomic E-state index is 13.8. The second-order valence-corrected chi connectivity index (χ2v) is 7.84. The minimum Gasteiger partial charge on any atom is -0.503 e. The largest absolute Gasteiger partial charge is 0.503 e. The summed E-state index contributed by atoms with van der Waals surface area (Å²) in [4.78, 5) is 38.4. The van der Waals surface area contributed by atoms with Gasteiger partial charge in [-0.1, -0.05) is 6.07 Å². The third-order valence-electron chi connectivity index (χ3n) is 5.97. The lowest BCUT2D eigenvalue weighted by atomic mass is 9.83. The van der Waals surface area contributed by atoms with Crippen LogP contribution in [-0.2, 0) is 16.0 Å². The van der Waals surface area contributed by atoms with E-state index in [4.69, 9.17) is 9.47 Å². The van der Waals surface area contributed by atoms with Gasteiger partial charge in [-0.05, 0) is 18.9 Å². The van der Waals surface area contributed by atoms with Crippen LogP contribution in [0.3, 0.4) is 0 Å². The zero-order chi connectivity index (χ0) is 23.0. The fourth-order valence-electron chi connectivity index (χ4n) is 4.37. The van der Waals surface area contributed by atoms with Crippen molar-refractivity contribution in [3.8, 4) is 5.75 Å². The lowest BCUT2D eigenvalue weighted by Crippen LogP contribution is -2.43. The first kappa shape index (κ1) is 22.1. The summed E-state index contributed by atoms with van der Waals surface area (Å²) in [5, 5.41) is 13.0. The zero-order valence-electron chi connectivity index (χ0n) is 17.3. The first-order valence-corrected chi connectivity index (χ1v) is 10.2. The molecule has 1 aromatic heterocycles. The Hall–Kier alpha value is -3.11. The molecule has 2 N–H and O–H groups in total. The van der Waals surface area contributed by atoms with Gasteiger partial charge in [-0.3, -0.25) is 14.4 Å². The van der Waals surface area contributed by atoms with E-state index in [0.717, 1.165) is 6.07 Å². The van der Waals surface area contributed by atoms with Gasteiger partial charge in [-0.15, -0.1) is 0 Å². The van der Waals surface area contributed by atoms with Crippen LogP contribution in [0.25, 0.3) is 0 Å². The molecule has 1 aromatic carbocycles. The van der Waals surface area contributed by atoms with Crippen molar-refractivity contribution in [2.75, 3.05) is 20.3 Å². The minimum absolute atomic E-state index is 0.0300. The maximum absolute atomic E-state index is 13.8. The number of ketones is 1. The number of hydrogen-bond acceptors (Lipinski definition) is 6. The summed E-state index contributed by atoms with van der Waals surface area (Å²) in [7, 11) is 1.51. The highest BCUT2D eigenvalue weighted by atomic mass is 19.1. The molecule has 2 aliphatic heterocycles. The molecule has 3 heterocycles. The number of methoxy groups -OCH3 is 1. The van der Waals surface area contributed by atoms with Gasteiger partial charge in [0.2, 0.25) is 5.43 Å². The molecule has 0 aliphatic carbocycles. The molecule has 4 rings (SSSR count). The van der Waals surface area contributed by atoms with Crippen molar-refractivity contribution in [1.82, 2.24) is 9.88 Å². The summed E-state index contributed by atoms with van der Waals surface area (Å²) in [5.41, 5.74) is -1.50. The molecule has 170 valence electrons. The van der Waals surface area contributed by atoms with Crippen molar-refractivity contribution < 1.29 is 33.0 Å². The number of nitrogens with one attached hydrogen (secondary N) is 1. The normalized spacial score (nSPS) is 21.8. The van der Waals surface area contributed by atoms with Crippen molar-refractivity contribution in [3.63, 3.8) is 0 Å². The number of rotatable bonds is 6. The van der Waals surface area contributed by atoms with Crippen LogP contribution >= 0.6 is 0 Å². The average Bonchev–Trinajstić information content (AvgIpc) is 3.24. The molecule has 32 heavy (non-hydrogen) atoms. The minimum atomic E-state index is -0.996. The molecule has 10 heteroatoms. The highest BCUT2D eigenvalue weighted by molar-refractivity contribution is 6.01. The van der Waals surface area contributed by atoms with Gasteiger partial charge >= 0.3 is 0 Å². The van der Waals surface area contributed by atoms with E-state index >= 15 is 0 Å². The van der Waals surface area contributed by atoms with Gasteiger partial charge in [0.05, 0.1) is 18.1 Å². The van der Waals surface area contributed by atoms with Crippen LogP contribution in [0, 0.1) is 17.6 Å². The topological polar surface area (TPSA) is 107 Å². The highest BCUT2D eigenvalue weighted by Crippen LogP contribution is 2.41. The standard InChI is InChI=1S/C22H22F2N2O6/c1-31-6-4-13-18(27)17-20(29)19(28)14(10-26(17)16-5-7-32-21(13)16)22(30)25-9-11-2-3-12(23)8-15(11)24/h2-3,8,10,13,16,21,29H,4-7,9H2,1H3,(H,25,30)/t13-,16+,21+/m1/s1. The van der Waals surface area contributed by atoms with Gasteiger partial charge in [0, 0.05) is 44.7 Å². The van der Waals surface area contributed by atoms with Gasteiger partial charge in [0.15, 0.2) is 11.5 Å². The Morgan fingerprint density at radius 3 is 2.84 bits per heavy atom. The predicted molar refractivity (Wildman–Crippen MR) is 108 cm³/mol. The first-order valence-electron chi connectivity index (χ1n) is 10.2. The molecule has 1 amide bonds. The van der Waals surface area contributed by atoms with Crippen molar-refractivity contribution >= 4 is 11.7 Å². The highest BCUT2D eigenvalue weighted by Gasteiger charge is 2.47. The molecule has 1 saturated heterocycles. The summed E-state index contributed by atoms with van der Waals surface area (Å²) in [5.74, 6) is -4.27. The van der Waals surface area contributed by atoms with Crippen LogP contribution < -0.4 is 10.7 Å². The molecular formula is C22H22F2N2O6. The zero-order valence-corrected chi connectivity index (χ0v) is 17.3. The van der Waals surface area contributed by atoms with Crippen LogP contribution in [0.4, 0.5) is 8.78 Å². The number of carbonyl (C=O) groups is 2. The number of carbonyl (C=O) groups excluding carboxylic acids is 2. The number of aromatic hydroxyl groups is 1. The van der Waals surface area contributed by atoms with Crippen molar-refractivity contribution in [2.24, 2.45) is 5.92 Å². The van der Waals surface area contributed by atoms with Crippen molar-refractivity contribution in [1.29, 1.82) is 0 Å². The van der Waals surface area contributed by atoms with E-state index in [0.29, 0.717) is 32.1 Å². The van der Waals surface area contributed by atoms with Gasteiger partial charge in [0.25, 0.3) is 5.91 Å². The number of aromatic nitrogens is 1. The molecule has 3 atom stereocenters. The molecule has 1 fully saturated rings. The third-order valence-corrected chi connectivity index (χ3v) is 5.97. The number of fused-ring (bicyclic) bond motifs is 3. The number of nitrogens with zero attached hydrogens (tertiary/aromatic N) is 1. The number of halogens is 2. The second kappa shape index (κ2) is 8.79. The number of ether oxygens (including phenoxy) is 2. The van der Waals surface area contributed by atoms with Crippen LogP contribution in [0.1, 0.15) is 45.3 Å². The third kappa shape index (κ3) is 3.80. The summed E-state index contributed by atoms with van der Waals surface area (Å²) in [6.45, 7) is 0.415. The Morgan fingerprint density at radius 1 is 1.34 bits per heavy atom. The molecule has 2 aliphatic rings. The van der Waals surface area contributed by atoms with E-state index in [-0.39, 0.29) is 29.4 Å². The molecular weight excluding hydrogens is 426 g/mol. The van der Waals surface area contributed by atoms with Crippen LogP contribution in [0.5, 0.6) is 5.75 Å². The predicted octanol–water partition coefficient (Wildman–Crippen LogP) is 1.94. The average molecular weight is 448 g/mol. The second-order valence-electron chi connectivity index (χ2n) is 7.84. The number of benzene rings is 1. The summed E-state index contributed by atoms with van der Waals surface area (Å²) < 4.78 is 39.2. The fraction of sp³-hybridized carbons (Fsp3) is 0.409. The molecule has 0 saturated carbocycles. The summed E-state index contributed by atoms with van der Waals surface area (Å²) in [6.07, 6.45) is 1.69. The fourth-order valence-corrected chi connectivity index (χ4v) is 4.37. The Morgan fingerprint density at radius 2 is 2.12 bits per heavy atom. The molecule has 0 radical (unpaired) electrons. The van der Waals surface area contributed by atoms with E-state index in [2.05, 4.69) is 5.32 Å². The lowest BCUT2D eigenvalue weighted by Gasteiger charge is -2.35. The molecule has 0 bridgehead atoms. The first-order chi connectivity index (χ1) is 15.3. The quantitative estimate of drug-likeness (QED) is 0.700. The smallest absolute Gasteiger partial charge is 0.257 e. The van der Waals surface area contributed by atoms with E-state index in [1.165, 1.54) is 23.9 Å². The maximum Gasteiger partial charge on any atom is 0.257 e. The van der Waals surface area contributed by atoms with Gasteiger partial charge in [0.1, 0.15) is 22.9 Å². The van der Waals surface area contributed by atoms with Gasteiger partial charge in [-0.25, -0.2) is 8.78 Å². The molecule has 8 nitrogen and oxygen atoms in total. The van der Waals surface area contributed by atoms with E-state index in [1.807, 2.05) is 0 Å². The Kier molecular flexibility index (Phi) is 6.07. The summed E-state index contributed by atoms with van der Waals surface area (Å²) >= 11 is 0. The van der Waals surface area contributed by atoms with Gasteiger partial charge < -0.3 is 24.5 Å². The van der Waals surface area contributed by atoms with Crippen molar-refractivity contribution in [2.45, 2.75) is 31.5 Å². The lowest BCUT2D eigenvalue weighted by molar-refractivity contribution is 0.0198. The van der Waals surface area contributed by atoms with E-state index in [9.17, 15) is 28.3 Å². The van der Waals surface area contributed by atoms with Crippen molar-refractivity contribution in [3.05, 3.63) is 63.1 Å². The Bertz CT molecular complexity index is 1130. The van der Waals surface area contributed by atoms with Gasteiger partial charge in [-0.2, -0.15) is 0 Å². The Balaban J connectivity index is 1.66. The van der Waals surface area contributed by atoms with E-state index in [1.54, 1.807) is 0 Å². The number of hydrogen-bond donors (Lipinski definition) is 2. The van der Waals surface area contributed by atoms with E-state index < -0.39 is 46.5 Å². The Labute approximate surface area is 181 Å². The number of pyridine rings is 1. The monoisotopic (exact) mass is 448 g/mol. The molecule has 0 unspecified atom stereocenters. The molecule has 0 spiro atoms. The SMILES string of the molecule is COCC[C@@H]1C(=O)c2c(O)c(=O)c(C(=O)NCc3ccc(F)cc3F)cn2[C@H]2CCO[C@@H]12. The van der Waals surface area contributed by atoms with Crippen LogP contribution in [0.2, 0.25) is 0 Å². The molecule has 2 aromatic rings. The summed E-state index contributed by atoms with van der Waals surface area (Å²) in [6, 6.07) is 2.59. The number of Topliss-reactive ketones (excluding diaryl/α,β-unsaturated/α-hetero) is 1. The van der Waals surface area contributed by atoms with Crippen LogP contribution in [-0.4, -0.2) is 47.8 Å². The van der Waals surface area contributed by atoms with Crippen LogP contribution in [0.15, 0.2) is 29.2 Å².